The Morgan fingerprint density at radius 2 is 2.20 bits per heavy atom. The molecule has 1 saturated carbocycles. The third kappa shape index (κ3) is 2.22. The van der Waals surface area contributed by atoms with Crippen LogP contribution in [-0.2, 0) is 6.42 Å². The van der Waals surface area contributed by atoms with Crippen LogP contribution < -0.4 is 5.32 Å². The van der Waals surface area contributed by atoms with Crippen LogP contribution in [0.4, 0.5) is 4.39 Å². The molecule has 1 aromatic carbocycles. The van der Waals surface area contributed by atoms with Gasteiger partial charge in [0.15, 0.2) is 0 Å². The lowest BCUT2D eigenvalue weighted by Crippen LogP contribution is -2.11. The van der Waals surface area contributed by atoms with Crippen LogP contribution in [0.1, 0.15) is 37.5 Å². The molecule has 2 aliphatic rings. The molecule has 2 fully saturated rings. The maximum Gasteiger partial charge on any atom is 0.125 e. The number of hydrogen-bond donors (Lipinski definition) is 1. The summed E-state index contributed by atoms with van der Waals surface area (Å²) in [5.41, 5.74) is 1.92. The zero-order valence-corrected chi connectivity index (χ0v) is 11.6. The number of halogens is 1. The molecule has 1 saturated heterocycles. The van der Waals surface area contributed by atoms with Gasteiger partial charge in [-0.3, -0.25) is 0 Å². The predicted molar refractivity (Wildman–Crippen MR) is 77.3 cm³/mol. The van der Waals surface area contributed by atoms with Crippen molar-refractivity contribution < 1.29 is 4.39 Å². The number of benzene rings is 1. The van der Waals surface area contributed by atoms with Gasteiger partial charge in [0.05, 0.1) is 11.0 Å². The van der Waals surface area contributed by atoms with E-state index in [2.05, 4.69) is 9.88 Å². The molecule has 0 spiro atoms. The highest BCUT2D eigenvalue weighted by atomic mass is 19.1. The van der Waals surface area contributed by atoms with E-state index in [9.17, 15) is 4.39 Å². The van der Waals surface area contributed by atoms with Crippen LogP contribution in [0, 0.1) is 11.7 Å². The molecule has 0 amide bonds. The fourth-order valence-electron chi connectivity index (χ4n) is 3.33. The van der Waals surface area contributed by atoms with Crippen LogP contribution in [-0.4, -0.2) is 22.6 Å². The van der Waals surface area contributed by atoms with Gasteiger partial charge in [0.1, 0.15) is 11.6 Å². The highest BCUT2D eigenvalue weighted by Crippen LogP contribution is 2.39. The lowest BCUT2D eigenvalue weighted by Gasteiger charge is -2.10. The van der Waals surface area contributed by atoms with Crippen molar-refractivity contribution in [1.29, 1.82) is 0 Å². The molecule has 3 nitrogen and oxygen atoms in total. The highest BCUT2D eigenvalue weighted by Gasteiger charge is 2.28. The second-order valence-electron chi connectivity index (χ2n) is 6.16. The molecule has 2 heterocycles. The molecule has 106 valence electrons. The van der Waals surface area contributed by atoms with E-state index in [1.807, 2.05) is 6.07 Å². The molecule has 1 aromatic heterocycles. The molecule has 1 aliphatic carbocycles. The number of aryl methyl sites for hydroxylation is 1. The summed E-state index contributed by atoms with van der Waals surface area (Å²) in [6.07, 6.45) is 5.89. The van der Waals surface area contributed by atoms with Crippen LogP contribution in [0.3, 0.4) is 0 Å². The summed E-state index contributed by atoms with van der Waals surface area (Å²) in [6, 6.07) is 5.52. The van der Waals surface area contributed by atoms with E-state index >= 15 is 0 Å². The summed E-state index contributed by atoms with van der Waals surface area (Å²) in [5, 5.41) is 3.42. The van der Waals surface area contributed by atoms with Gasteiger partial charge >= 0.3 is 0 Å². The van der Waals surface area contributed by atoms with Gasteiger partial charge in [-0.15, -0.1) is 0 Å². The normalized spacial score (nSPS) is 22.8. The van der Waals surface area contributed by atoms with Gasteiger partial charge in [-0.25, -0.2) is 9.37 Å². The Balaban J connectivity index is 1.65. The number of nitrogens with zero attached hydrogens (tertiary/aromatic N) is 2. The minimum absolute atomic E-state index is 0.161. The SMILES string of the molecule is Fc1ccc2nc(CCC3CCNC3)n(C3CC3)c2c1. The molecule has 1 aliphatic heterocycles. The van der Waals surface area contributed by atoms with Crippen molar-refractivity contribution in [3.63, 3.8) is 0 Å². The third-order valence-electron chi connectivity index (χ3n) is 4.58. The average Bonchev–Trinajstić information content (AvgIpc) is 3.02. The summed E-state index contributed by atoms with van der Waals surface area (Å²) in [6.45, 7) is 2.28. The standard InChI is InChI=1S/C16H20FN3/c17-12-2-5-14-15(9-12)20(13-3-4-13)16(19-14)6-1-11-7-8-18-10-11/h2,5,9,11,13,18H,1,3-4,6-8,10H2. The Morgan fingerprint density at radius 3 is 2.95 bits per heavy atom. The fourth-order valence-corrected chi connectivity index (χ4v) is 3.33. The van der Waals surface area contributed by atoms with Crippen LogP contribution in [0.2, 0.25) is 0 Å². The molecule has 2 aromatic rings. The smallest absolute Gasteiger partial charge is 0.125 e. The van der Waals surface area contributed by atoms with Gasteiger partial charge in [-0.2, -0.15) is 0 Å². The summed E-state index contributed by atoms with van der Waals surface area (Å²) in [7, 11) is 0. The molecule has 0 bridgehead atoms. The molecular weight excluding hydrogens is 253 g/mol. The Morgan fingerprint density at radius 1 is 1.30 bits per heavy atom. The Kier molecular flexibility index (Phi) is 2.99. The Hall–Kier alpha value is -1.42. The summed E-state index contributed by atoms with van der Waals surface area (Å²) in [4.78, 5) is 4.75. The molecule has 20 heavy (non-hydrogen) atoms. The maximum absolute atomic E-state index is 13.5. The monoisotopic (exact) mass is 273 g/mol. The molecule has 0 radical (unpaired) electrons. The quantitative estimate of drug-likeness (QED) is 0.928. The first-order valence-corrected chi connectivity index (χ1v) is 7.68. The molecule has 1 N–H and O–H groups in total. The number of aromatic nitrogens is 2. The van der Waals surface area contributed by atoms with Crippen molar-refractivity contribution in [2.24, 2.45) is 5.92 Å². The number of nitrogens with one attached hydrogen (secondary N) is 1. The molecule has 4 rings (SSSR count). The van der Waals surface area contributed by atoms with Gasteiger partial charge in [0.25, 0.3) is 0 Å². The van der Waals surface area contributed by atoms with Crippen molar-refractivity contribution in [3.05, 3.63) is 29.8 Å². The number of fused-ring (bicyclic) bond motifs is 1. The lowest BCUT2D eigenvalue weighted by atomic mass is 10.0. The van der Waals surface area contributed by atoms with E-state index in [1.165, 1.54) is 31.7 Å². The van der Waals surface area contributed by atoms with Crippen LogP contribution in [0.5, 0.6) is 0 Å². The van der Waals surface area contributed by atoms with Gasteiger partial charge in [-0.1, -0.05) is 0 Å². The third-order valence-corrected chi connectivity index (χ3v) is 4.58. The first-order valence-electron chi connectivity index (χ1n) is 7.68. The molecule has 1 atom stereocenters. The van der Waals surface area contributed by atoms with Gasteiger partial charge in [-0.05, 0) is 62.9 Å². The van der Waals surface area contributed by atoms with Crippen LogP contribution in [0.15, 0.2) is 18.2 Å². The maximum atomic E-state index is 13.5. The van der Waals surface area contributed by atoms with Crippen molar-refractivity contribution in [3.8, 4) is 0 Å². The molecule has 1 unspecified atom stereocenters. The van der Waals surface area contributed by atoms with Gasteiger partial charge < -0.3 is 9.88 Å². The van der Waals surface area contributed by atoms with Gasteiger partial charge in [0, 0.05) is 12.5 Å². The largest absolute Gasteiger partial charge is 0.325 e. The summed E-state index contributed by atoms with van der Waals surface area (Å²) in [5.74, 6) is 1.77. The Labute approximate surface area is 118 Å². The van der Waals surface area contributed by atoms with Gasteiger partial charge in [0.2, 0.25) is 0 Å². The van der Waals surface area contributed by atoms with E-state index in [0.717, 1.165) is 42.3 Å². The fraction of sp³-hybridized carbons (Fsp3) is 0.562. The summed E-state index contributed by atoms with van der Waals surface area (Å²) >= 11 is 0. The lowest BCUT2D eigenvalue weighted by molar-refractivity contribution is 0.515. The van der Waals surface area contributed by atoms with E-state index in [0.29, 0.717) is 6.04 Å². The summed E-state index contributed by atoms with van der Waals surface area (Å²) < 4.78 is 15.8. The molecular formula is C16H20FN3. The number of rotatable bonds is 4. The topological polar surface area (TPSA) is 29.9 Å². The van der Waals surface area contributed by atoms with Crippen molar-refractivity contribution in [2.45, 2.75) is 38.1 Å². The first-order chi connectivity index (χ1) is 9.81. The highest BCUT2D eigenvalue weighted by molar-refractivity contribution is 5.76. The van der Waals surface area contributed by atoms with Crippen LogP contribution in [0.25, 0.3) is 11.0 Å². The van der Waals surface area contributed by atoms with Crippen molar-refractivity contribution in [2.75, 3.05) is 13.1 Å². The zero-order chi connectivity index (χ0) is 13.5. The first kappa shape index (κ1) is 12.3. The molecule has 4 heteroatoms. The van der Waals surface area contributed by atoms with Crippen molar-refractivity contribution in [1.82, 2.24) is 14.9 Å². The van der Waals surface area contributed by atoms with E-state index in [4.69, 9.17) is 4.98 Å². The zero-order valence-electron chi connectivity index (χ0n) is 11.6. The van der Waals surface area contributed by atoms with Crippen molar-refractivity contribution >= 4 is 11.0 Å². The second kappa shape index (κ2) is 4.85. The second-order valence-corrected chi connectivity index (χ2v) is 6.16. The Bertz CT molecular complexity index is 624. The number of hydrogen-bond acceptors (Lipinski definition) is 2. The predicted octanol–water partition coefficient (Wildman–Crippen LogP) is 3.05. The number of imidazole rings is 1. The average molecular weight is 273 g/mol. The minimum atomic E-state index is -0.161. The van der Waals surface area contributed by atoms with E-state index in [-0.39, 0.29) is 5.82 Å². The van der Waals surface area contributed by atoms with E-state index < -0.39 is 0 Å². The minimum Gasteiger partial charge on any atom is -0.325 e. The van der Waals surface area contributed by atoms with Crippen LogP contribution >= 0.6 is 0 Å². The van der Waals surface area contributed by atoms with E-state index in [1.54, 1.807) is 6.07 Å².